The molecule has 26 heavy (non-hydrogen) atoms. The van der Waals surface area contributed by atoms with Gasteiger partial charge in [0.25, 0.3) is 0 Å². The van der Waals surface area contributed by atoms with E-state index in [1.807, 2.05) is 12.1 Å². The van der Waals surface area contributed by atoms with Crippen LogP contribution in [0.25, 0.3) is 11.0 Å². The van der Waals surface area contributed by atoms with Gasteiger partial charge in [-0.05, 0) is 61.5 Å². The summed E-state index contributed by atoms with van der Waals surface area (Å²) in [5.41, 5.74) is 2.62. The number of rotatable bonds is 2. The lowest BCUT2D eigenvalue weighted by Gasteiger charge is -2.35. The lowest BCUT2D eigenvalue weighted by Crippen LogP contribution is -2.43. The van der Waals surface area contributed by atoms with E-state index in [9.17, 15) is 4.79 Å². The van der Waals surface area contributed by atoms with Gasteiger partial charge in [-0.25, -0.2) is 4.98 Å². The molecule has 1 amide bonds. The highest BCUT2D eigenvalue weighted by Gasteiger charge is 2.64. The van der Waals surface area contributed by atoms with Crippen molar-refractivity contribution in [1.29, 1.82) is 0 Å². The molecule has 3 fully saturated rings. The quantitative estimate of drug-likeness (QED) is 0.839. The van der Waals surface area contributed by atoms with Crippen molar-refractivity contribution in [3.63, 3.8) is 0 Å². The van der Waals surface area contributed by atoms with E-state index in [0.717, 1.165) is 49.2 Å². The number of nitrogens with zero attached hydrogens (tertiary/aromatic N) is 2. The van der Waals surface area contributed by atoms with Crippen molar-refractivity contribution in [2.45, 2.75) is 38.0 Å². The number of benzene rings is 1. The first kappa shape index (κ1) is 15.0. The second kappa shape index (κ2) is 5.21. The second-order valence-corrected chi connectivity index (χ2v) is 8.86. The van der Waals surface area contributed by atoms with Gasteiger partial charge in [-0.15, -0.1) is 0 Å². The number of H-pyrrole nitrogens is 1. The zero-order chi connectivity index (χ0) is 17.3. The van der Waals surface area contributed by atoms with Crippen molar-refractivity contribution in [2.24, 2.45) is 23.2 Å². The first-order valence-electron chi connectivity index (χ1n) is 10.2. The molecule has 2 heterocycles. The van der Waals surface area contributed by atoms with Crippen LogP contribution in [-0.4, -0.2) is 33.9 Å². The molecule has 0 radical (unpaired) electrons. The van der Waals surface area contributed by atoms with E-state index in [1.54, 1.807) is 0 Å². The van der Waals surface area contributed by atoms with Crippen molar-refractivity contribution in [2.75, 3.05) is 13.1 Å². The fraction of sp³-hybridized carbons (Fsp3) is 0.545. The van der Waals surface area contributed by atoms with Crippen molar-refractivity contribution in [3.8, 4) is 0 Å². The number of aromatic nitrogens is 2. The van der Waals surface area contributed by atoms with Gasteiger partial charge in [0.1, 0.15) is 5.82 Å². The normalized spacial score (nSPS) is 34.1. The summed E-state index contributed by atoms with van der Waals surface area (Å²) in [6.45, 7) is 1.74. The molecule has 4 nitrogen and oxygen atoms in total. The van der Waals surface area contributed by atoms with E-state index in [4.69, 9.17) is 4.98 Å². The van der Waals surface area contributed by atoms with Crippen LogP contribution in [-0.2, 0) is 4.79 Å². The maximum absolute atomic E-state index is 13.3. The Hall–Kier alpha value is -2.10. The van der Waals surface area contributed by atoms with Gasteiger partial charge in [-0.1, -0.05) is 24.3 Å². The largest absolute Gasteiger partial charge is 0.342 e. The molecule has 2 aromatic rings. The number of carbonyl (C=O) groups is 1. The molecule has 0 unspecified atom stereocenters. The lowest BCUT2D eigenvalue weighted by atomic mass is 9.87. The molecule has 134 valence electrons. The Labute approximate surface area is 153 Å². The number of amides is 1. The van der Waals surface area contributed by atoms with Gasteiger partial charge < -0.3 is 9.88 Å². The number of likely N-dealkylation sites (tertiary alicyclic amines) is 1. The highest BCUT2D eigenvalue weighted by atomic mass is 16.2. The molecule has 1 aliphatic heterocycles. The molecule has 6 rings (SSSR count). The van der Waals surface area contributed by atoms with Gasteiger partial charge in [0, 0.05) is 24.9 Å². The number of allylic oxidation sites excluding steroid dienone is 2. The molecule has 2 saturated carbocycles. The van der Waals surface area contributed by atoms with Gasteiger partial charge in [0.05, 0.1) is 11.0 Å². The van der Waals surface area contributed by atoms with Gasteiger partial charge in [-0.2, -0.15) is 0 Å². The molecule has 4 aliphatic rings. The number of imidazole rings is 1. The third kappa shape index (κ3) is 2.02. The van der Waals surface area contributed by atoms with Gasteiger partial charge in [0.15, 0.2) is 0 Å². The molecule has 2 bridgehead atoms. The van der Waals surface area contributed by atoms with Crippen molar-refractivity contribution >= 4 is 16.9 Å². The summed E-state index contributed by atoms with van der Waals surface area (Å²) in [6.07, 6.45) is 10.7. The number of hydrogen-bond acceptors (Lipinski definition) is 2. The molecule has 1 spiro atoms. The first-order chi connectivity index (χ1) is 12.7. The van der Waals surface area contributed by atoms with Crippen LogP contribution in [0.3, 0.4) is 0 Å². The Kier molecular flexibility index (Phi) is 3.01. The van der Waals surface area contributed by atoms with Crippen molar-refractivity contribution < 1.29 is 4.79 Å². The summed E-state index contributed by atoms with van der Waals surface area (Å²) >= 11 is 0. The van der Waals surface area contributed by atoms with E-state index in [0.29, 0.717) is 29.1 Å². The second-order valence-electron chi connectivity index (χ2n) is 8.86. The van der Waals surface area contributed by atoms with Crippen LogP contribution in [0.5, 0.6) is 0 Å². The van der Waals surface area contributed by atoms with E-state index >= 15 is 0 Å². The Morgan fingerprint density at radius 1 is 1.23 bits per heavy atom. The first-order valence-corrected chi connectivity index (χ1v) is 10.2. The highest BCUT2D eigenvalue weighted by molar-refractivity contribution is 5.81. The van der Waals surface area contributed by atoms with E-state index in [1.165, 1.54) is 12.8 Å². The number of nitrogens with one attached hydrogen (secondary N) is 1. The minimum Gasteiger partial charge on any atom is -0.342 e. The van der Waals surface area contributed by atoms with Gasteiger partial charge in [-0.3, -0.25) is 4.79 Å². The zero-order valence-corrected chi connectivity index (χ0v) is 15.0. The third-order valence-electron chi connectivity index (χ3n) is 7.57. The molecule has 1 aromatic heterocycles. The Bertz CT molecular complexity index is 876. The van der Waals surface area contributed by atoms with Crippen LogP contribution in [0.2, 0.25) is 0 Å². The minimum atomic E-state index is 0.238. The average Bonchev–Trinajstić information content (AvgIpc) is 3.13. The third-order valence-corrected chi connectivity index (χ3v) is 7.57. The molecule has 4 atom stereocenters. The highest BCUT2D eigenvalue weighted by Crippen LogP contribution is 2.70. The summed E-state index contributed by atoms with van der Waals surface area (Å²) in [6, 6.07) is 8.20. The molecular formula is C22H25N3O. The minimum absolute atomic E-state index is 0.238. The number of carbonyl (C=O) groups excluding carboxylic acids is 1. The Balaban J connectivity index is 1.22. The molecule has 1 saturated heterocycles. The predicted octanol–water partition coefficient (Wildman–Crippen LogP) is 3.87. The molecule has 1 N–H and O–H groups in total. The standard InChI is InChI=1S/C22H25N3O/c26-21(16-12-15-7-8-17(16)22(15)9-10-22)25-11-3-4-14(13-25)20-23-18-5-1-2-6-19(18)24-20/h1-2,5-8,14-17H,3-4,9-13H2,(H,23,24)/t14-,15+,16+,17+/m0/s1. The molecule has 1 aromatic carbocycles. The Morgan fingerprint density at radius 3 is 2.92 bits per heavy atom. The number of para-hydroxylation sites is 2. The van der Waals surface area contributed by atoms with Crippen LogP contribution in [0, 0.1) is 23.2 Å². The smallest absolute Gasteiger partial charge is 0.226 e. The summed E-state index contributed by atoms with van der Waals surface area (Å²) in [5, 5.41) is 0. The fourth-order valence-electron chi connectivity index (χ4n) is 6.06. The molecule has 4 heteroatoms. The number of piperidine rings is 1. The van der Waals surface area contributed by atoms with Crippen LogP contribution >= 0.6 is 0 Å². The van der Waals surface area contributed by atoms with Crippen molar-refractivity contribution in [3.05, 3.63) is 42.2 Å². The topological polar surface area (TPSA) is 49.0 Å². The molecule has 3 aliphatic carbocycles. The Morgan fingerprint density at radius 2 is 2.12 bits per heavy atom. The lowest BCUT2D eigenvalue weighted by molar-refractivity contribution is -0.137. The average molecular weight is 347 g/mol. The maximum Gasteiger partial charge on any atom is 0.226 e. The van der Waals surface area contributed by atoms with Crippen LogP contribution in [0.1, 0.15) is 43.8 Å². The number of aromatic amines is 1. The predicted molar refractivity (Wildman–Crippen MR) is 101 cm³/mol. The summed E-state index contributed by atoms with van der Waals surface area (Å²) < 4.78 is 0. The fourth-order valence-corrected chi connectivity index (χ4v) is 6.06. The summed E-state index contributed by atoms with van der Waals surface area (Å²) in [5.74, 6) is 3.24. The van der Waals surface area contributed by atoms with E-state index in [2.05, 4.69) is 34.2 Å². The summed E-state index contributed by atoms with van der Waals surface area (Å²) in [7, 11) is 0. The van der Waals surface area contributed by atoms with E-state index in [-0.39, 0.29) is 5.92 Å². The van der Waals surface area contributed by atoms with Crippen LogP contribution in [0.4, 0.5) is 0 Å². The van der Waals surface area contributed by atoms with E-state index < -0.39 is 0 Å². The zero-order valence-electron chi connectivity index (χ0n) is 15.0. The van der Waals surface area contributed by atoms with Crippen molar-refractivity contribution in [1.82, 2.24) is 14.9 Å². The SMILES string of the molecule is O=C([C@@H]1C[C@H]2C=C[C@H]1C21CC1)N1CCC[C@H](c2nc3ccccc3[nH]2)C1. The van der Waals surface area contributed by atoms with Gasteiger partial charge in [0.2, 0.25) is 5.91 Å². The monoisotopic (exact) mass is 347 g/mol. The van der Waals surface area contributed by atoms with Crippen LogP contribution < -0.4 is 0 Å². The van der Waals surface area contributed by atoms with Crippen LogP contribution in [0.15, 0.2) is 36.4 Å². The summed E-state index contributed by atoms with van der Waals surface area (Å²) in [4.78, 5) is 23.7. The molecular weight excluding hydrogens is 322 g/mol. The van der Waals surface area contributed by atoms with Gasteiger partial charge >= 0.3 is 0 Å². The number of fused-ring (bicyclic) bond motifs is 1. The maximum atomic E-state index is 13.3. The number of hydrogen-bond donors (Lipinski definition) is 1.